The summed E-state index contributed by atoms with van der Waals surface area (Å²) >= 11 is 0. The second-order valence-electron chi connectivity index (χ2n) is 7.64. The van der Waals surface area contributed by atoms with Gasteiger partial charge < -0.3 is 14.0 Å². The number of amides is 1. The Hall–Kier alpha value is -3.78. The second kappa shape index (κ2) is 9.15. The Balaban J connectivity index is 1.57. The summed E-state index contributed by atoms with van der Waals surface area (Å²) in [6.45, 7) is 0.846. The van der Waals surface area contributed by atoms with Crippen molar-refractivity contribution in [2.75, 3.05) is 27.3 Å². The fourth-order valence-electron chi connectivity index (χ4n) is 3.61. The average Bonchev–Trinajstić information content (AvgIpc) is 3.40. The van der Waals surface area contributed by atoms with E-state index in [0.717, 1.165) is 22.5 Å². The summed E-state index contributed by atoms with van der Waals surface area (Å²) in [5.41, 5.74) is 4.07. The fourth-order valence-corrected chi connectivity index (χ4v) is 3.61. The largest absolute Gasteiger partial charge is 0.383 e. The number of benzene rings is 1. The number of aromatic nitrogens is 4. The molecule has 0 N–H and O–H groups in total. The second-order valence-corrected chi connectivity index (χ2v) is 7.64. The van der Waals surface area contributed by atoms with Gasteiger partial charge in [0.15, 0.2) is 5.78 Å². The molecule has 0 atom stereocenters. The van der Waals surface area contributed by atoms with Crippen molar-refractivity contribution in [3.8, 4) is 11.3 Å². The molecule has 32 heavy (non-hydrogen) atoms. The molecule has 0 saturated heterocycles. The van der Waals surface area contributed by atoms with E-state index in [-0.39, 0.29) is 18.1 Å². The van der Waals surface area contributed by atoms with Crippen LogP contribution < -0.4 is 0 Å². The SMILES string of the molecule is COCCN(C)C(=O)c1cnn(C)c1C(=O)Cc1ccn2cc(-c3ccccc3)nc2c1. The van der Waals surface area contributed by atoms with Gasteiger partial charge in [-0.2, -0.15) is 5.10 Å². The van der Waals surface area contributed by atoms with Crippen molar-refractivity contribution in [2.45, 2.75) is 6.42 Å². The third-order valence-corrected chi connectivity index (χ3v) is 5.37. The van der Waals surface area contributed by atoms with Crippen LogP contribution in [0.2, 0.25) is 0 Å². The summed E-state index contributed by atoms with van der Waals surface area (Å²) in [4.78, 5) is 32.2. The number of nitrogens with zero attached hydrogens (tertiary/aromatic N) is 5. The van der Waals surface area contributed by atoms with Gasteiger partial charge in [-0.1, -0.05) is 30.3 Å². The van der Waals surface area contributed by atoms with Crippen molar-refractivity contribution < 1.29 is 14.3 Å². The number of carbonyl (C=O) groups is 2. The van der Waals surface area contributed by atoms with Crippen molar-refractivity contribution in [3.05, 3.63) is 77.9 Å². The minimum atomic E-state index is -0.255. The molecule has 3 heterocycles. The van der Waals surface area contributed by atoms with Crippen LogP contribution in [0, 0.1) is 0 Å². The predicted molar refractivity (Wildman–Crippen MR) is 121 cm³/mol. The number of fused-ring (bicyclic) bond motifs is 1. The van der Waals surface area contributed by atoms with Crippen molar-refractivity contribution in [2.24, 2.45) is 7.05 Å². The molecule has 4 rings (SSSR count). The van der Waals surface area contributed by atoms with Crippen molar-refractivity contribution in [3.63, 3.8) is 0 Å². The van der Waals surface area contributed by atoms with E-state index >= 15 is 0 Å². The van der Waals surface area contributed by atoms with E-state index in [0.29, 0.717) is 24.4 Å². The first-order valence-electron chi connectivity index (χ1n) is 10.3. The zero-order valence-electron chi connectivity index (χ0n) is 18.4. The number of imidazole rings is 1. The van der Waals surface area contributed by atoms with E-state index in [1.165, 1.54) is 15.8 Å². The van der Waals surface area contributed by atoms with Gasteiger partial charge in [-0.05, 0) is 17.7 Å². The van der Waals surface area contributed by atoms with Crippen LogP contribution in [0.3, 0.4) is 0 Å². The van der Waals surface area contributed by atoms with Gasteiger partial charge in [0.1, 0.15) is 11.3 Å². The molecule has 0 fully saturated rings. The van der Waals surface area contributed by atoms with E-state index in [2.05, 4.69) is 5.10 Å². The molecule has 3 aromatic heterocycles. The maximum absolute atomic E-state index is 13.1. The summed E-state index contributed by atoms with van der Waals surface area (Å²) in [5.74, 6) is -0.428. The molecule has 0 unspecified atom stereocenters. The number of hydrogen-bond donors (Lipinski definition) is 0. The molecule has 0 spiro atoms. The van der Waals surface area contributed by atoms with Gasteiger partial charge in [-0.25, -0.2) is 4.98 Å². The highest BCUT2D eigenvalue weighted by Crippen LogP contribution is 2.20. The zero-order valence-corrected chi connectivity index (χ0v) is 18.4. The molecule has 8 nitrogen and oxygen atoms in total. The molecule has 0 aliphatic heterocycles. The van der Waals surface area contributed by atoms with Crippen molar-refractivity contribution >= 4 is 17.3 Å². The van der Waals surface area contributed by atoms with E-state index in [1.807, 2.05) is 59.3 Å². The van der Waals surface area contributed by atoms with Gasteiger partial charge in [0.25, 0.3) is 5.91 Å². The van der Waals surface area contributed by atoms with Crippen LogP contribution in [0.4, 0.5) is 0 Å². The Morgan fingerprint density at radius 3 is 2.69 bits per heavy atom. The summed E-state index contributed by atoms with van der Waals surface area (Å²) < 4.78 is 8.43. The van der Waals surface area contributed by atoms with Crippen molar-refractivity contribution in [1.82, 2.24) is 24.1 Å². The lowest BCUT2D eigenvalue weighted by Crippen LogP contribution is -2.31. The summed E-state index contributed by atoms with van der Waals surface area (Å²) in [5, 5.41) is 4.15. The predicted octanol–water partition coefficient (Wildman–Crippen LogP) is 2.88. The summed E-state index contributed by atoms with van der Waals surface area (Å²) in [6.07, 6.45) is 5.45. The van der Waals surface area contributed by atoms with Crippen LogP contribution in [0.1, 0.15) is 26.4 Å². The molecule has 1 amide bonds. The Morgan fingerprint density at radius 1 is 1.16 bits per heavy atom. The van der Waals surface area contributed by atoms with Crippen LogP contribution in [0.25, 0.3) is 16.9 Å². The summed E-state index contributed by atoms with van der Waals surface area (Å²) in [7, 11) is 4.93. The minimum absolute atomic E-state index is 0.144. The maximum atomic E-state index is 13.1. The zero-order chi connectivity index (χ0) is 22.7. The van der Waals surface area contributed by atoms with Gasteiger partial charge in [-0.15, -0.1) is 0 Å². The standard InChI is InChI=1S/C24H25N5O3/c1-27(11-12-32-3)24(31)19-15-25-28(2)23(19)21(30)13-17-9-10-29-16-20(26-22(29)14-17)18-7-5-4-6-8-18/h4-10,14-16H,11-13H2,1-3H3. The normalized spacial score (nSPS) is 11.1. The van der Waals surface area contributed by atoms with Crippen molar-refractivity contribution in [1.29, 1.82) is 0 Å². The number of aryl methyl sites for hydroxylation is 1. The Kier molecular flexibility index (Phi) is 6.13. The lowest BCUT2D eigenvalue weighted by molar-refractivity contribution is 0.0739. The number of carbonyl (C=O) groups excluding carboxylic acids is 2. The molecule has 0 bridgehead atoms. The highest BCUT2D eigenvalue weighted by molar-refractivity contribution is 6.07. The molecule has 0 radical (unpaired) electrons. The molecule has 0 aliphatic rings. The molecule has 0 saturated carbocycles. The van der Waals surface area contributed by atoms with E-state index < -0.39 is 0 Å². The highest BCUT2D eigenvalue weighted by atomic mass is 16.5. The first-order chi connectivity index (χ1) is 15.5. The first kappa shape index (κ1) is 21.5. The van der Waals surface area contributed by atoms with Crippen LogP contribution in [-0.4, -0.2) is 63.1 Å². The molecule has 1 aromatic carbocycles. The number of hydrogen-bond acceptors (Lipinski definition) is 5. The molecule has 4 aromatic rings. The molecular formula is C24H25N5O3. The third-order valence-electron chi connectivity index (χ3n) is 5.37. The fraction of sp³-hybridized carbons (Fsp3) is 0.250. The number of pyridine rings is 1. The van der Waals surface area contributed by atoms with E-state index in [1.54, 1.807) is 21.2 Å². The topological polar surface area (TPSA) is 81.7 Å². The van der Waals surface area contributed by atoms with Crippen LogP contribution >= 0.6 is 0 Å². The van der Waals surface area contributed by atoms with Gasteiger partial charge >= 0.3 is 0 Å². The Labute approximate surface area is 186 Å². The smallest absolute Gasteiger partial charge is 0.257 e. The van der Waals surface area contributed by atoms with Crippen LogP contribution in [0.15, 0.2) is 61.1 Å². The molecular weight excluding hydrogens is 406 g/mol. The molecule has 164 valence electrons. The average molecular weight is 431 g/mol. The van der Waals surface area contributed by atoms with Crippen LogP contribution in [0.5, 0.6) is 0 Å². The number of likely N-dealkylation sites (N-methyl/N-ethyl adjacent to an activating group) is 1. The van der Waals surface area contributed by atoms with Gasteiger partial charge in [0.2, 0.25) is 0 Å². The maximum Gasteiger partial charge on any atom is 0.257 e. The minimum Gasteiger partial charge on any atom is -0.383 e. The lowest BCUT2D eigenvalue weighted by atomic mass is 10.0. The Bertz CT molecular complexity index is 1260. The third kappa shape index (κ3) is 4.31. The molecule has 0 aliphatic carbocycles. The van der Waals surface area contributed by atoms with E-state index in [4.69, 9.17) is 9.72 Å². The van der Waals surface area contributed by atoms with Gasteiger partial charge in [-0.3, -0.25) is 14.3 Å². The monoisotopic (exact) mass is 431 g/mol. The van der Waals surface area contributed by atoms with Gasteiger partial charge in [0, 0.05) is 52.1 Å². The molecule has 8 heteroatoms. The quantitative estimate of drug-likeness (QED) is 0.401. The number of ether oxygens (including phenoxy) is 1. The number of ketones is 1. The first-order valence-corrected chi connectivity index (χ1v) is 10.3. The number of methoxy groups -OCH3 is 1. The van der Waals surface area contributed by atoms with Gasteiger partial charge in [0.05, 0.1) is 24.1 Å². The highest BCUT2D eigenvalue weighted by Gasteiger charge is 2.24. The van der Waals surface area contributed by atoms with Crippen LogP contribution in [-0.2, 0) is 18.2 Å². The summed E-state index contributed by atoms with van der Waals surface area (Å²) in [6, 6.07) is 13.7. The Morgan fingerprint density at radius 2 is 1.94 bits per heavy atom. The number of rotatable bonds is 8. The lowest BCUT2D eigenvalue weighted by Gasteiger charge is -2.16. The van der Waals surface area contributed by atoms with E-state index in [9.17, 15) is 9.59 Å². The number of Topliss-reactive ketones (excluding diaryl/α,β-unsaturated/α-hetero) is 1.